The number of aromatic nitrogens is 2. The molecule has 1 atom stereocenters. The molecule has 0 radical (unpaired) electrons. The van der Waals surface area contributed by atoms with Crippen LogP contribution in [0, 0.1) is 0 Å². The summed E-state index contributed by atoms with van der Waals surface area (Å²) in [5.41, 5.74) is 12.8. The average Bonchev–Trinajstić information content (AvgIpc) is 3.41. The molecule has 2 aliphatic rings. The Bertz CT molecular complexity index is 1850. The minimum absolute atomic E-state index is 0.158. The highest BCUT2D eigenvalue weighted by atomic mass is 16.2. The molecule has 2 aliphatic heterocycles. The molecule has 5 aromatic rings. The topological polar surface area (TPSA) is 116 Å². The van der Waals surface area contributed by atoms with Crippen LogP contribution in [0.25, 0.3) is 11.1 Å². The predicted octanol–water partition coefficient (Wildman–Crippen LogP) is 6.80. The van der Waals surface area contributed by atoms with E-state index in [9.17, 15) is 9.59 Å². The Kier molecular flexibility index (Phi) is 8.03. The third-order valence-electron chi connectivity index (χ3n) is 8.63. The molecule has 230 valence electrons. The third-order valence-corrected chi connectivity index (χ3v) is 8.63. The first kappa shape index (κ1) is 29.0. The Labute approximate surface area is 268 Å². The quantitative estimate of drug-likeness (QED) is 0.177. The fourth-order valence-electron chi connectivity index (χ4n) is 6.30. The number of nitrogens with two attached hydrogens (primary N) is 1. The van der Waals surface area contributed by atoms with Gasteiger partial charge in [-0.1, -0.05) is 48.5 Å². The molecule has 0 spiro atoms. The maximum Gasteiger partial charge on any atom is 0.255 e. The molecule has 7 rings (SSSR count). The second-order valence-electron chi connectivity index (χ2n) is 11.7. The zero-order valence-corrected chi connectivity index (χ0v) is 25.4. The summed E-state index contributed by atoms with van der Waals surface area (Å²) >= 11 is 0. The minimum atomic E-state index is -0.810. The number of benzene rings is 4. The summed E-state index contributed by atoms with van der Waals surface area (Å²) < 4.78 is 0. The first-order valence-corrected chi connectivity index (χ1v) is 15.6. The number of fused-ring (bicyclic) bond motifs is 1. The molecule has 0 saturated carbocycles. The molecular formula is C37H35N7O2. The SMILES string of the molecule is Nc1nccc(Nc2ccc(NC(=O)C(c3ccccc3)N3Cc4cc(-c5ccc(N6CCCCC6)cc5)ccc4C3=O)cc2)n1. The van der Waals surface area contributed by atoms with Crippen molar-refractivity contribution in [2.75, 3.05) is 34.4 Å². The van der Waals surface area contributed by atoms with Crippen molar-refractivity contribution in [2.24, 2.45) is 0 Å². The largest absolute Gasteiger partial charge is 0.372 e. The van der Waals surface area contributed by atoms with Crippen molar-refractivity contribution >= 4 is 40.6 Å². The molecule has 46 heavy (non-hydrogen) atoms. The van der Waals surface area contributed by atoms with Gasteiger partial charge in [0, 0.05) is 48.5 Å². The van der Waals surface area contributed by atoms with Gasteiger partial charge in [0.15, 0.2) is 0 Å². The third kappa shape index (κ3) is 6.12. The molecule has 4 aromatic carbocycles. The van der Waals surface area contributed by atoms with Crippen molar-refractivity contribution in [1.82, 2.24) is 14.9 Å². The summed E-state index contributed by atoms with van der Waals surface area (Å²) in [4.78, 5) is 39.9. The van der Waals surface area contributed by atoms with Gasteiger partial charge < -0.3 is 26.2 Å². The summed E-state index contributed by atoms with van der Waals surface area (Å²) in [6.07, 6.45) is 5.36. The average molecular weight is 610 g/mol. The highest BCUT2D eigenvalue weighted by molar-refractivity contribution is 6.04. The zero-order valence-electron chi connectivity index (χ0n) is 25.4. The van der Waals surface area contributed by atoms with Gasteiger partial charge in [-0.2, -0.15) is 4.98 Å². The van der Waals surface area contributed by atoms with Crippen LogP contribution in [0.5, 0.6) is 0 Å². The van der Waals surface area contributed by atoms with Gasteiger partial charge >= 0.3 is 0 Å². The van der Waals surface area contributed by atoms with Crippen molar-refractivity contribution in [2.45, 2.75) is 31.8 Å². The lowest BCUT2D eigenvalue weighted by Crippen LogP contribution is -2.37. The van der Waals surface area contributed by atoms with Gasteiger partial charge in [-0.05, 0) is 96.1 Å². The number of amides is 2. The Morgan fingerprint density at radius 1 is 0.804 bits per heavy atom. The van der Waals surface area contributed by atoms with Crippen LogP contribution >= 0.6 is 0 Å². The number of hydrogen-bond acceptors (Lipinski definition) is 7. The second-order valence-corrected chi connectivity index (χ2v) is 11.7. The molecule has 1 fully saturated rings. The minimum Gasteiger partial charge on any atom is -0.372 e. The molecule has 9 heteroatoms. The van der Waals surface area contributed by atoms with Crippen LogP contribution in [-0.4, -0.2) is 39.8 Å². The van der Waals surface area contributed by atoms with E-state index >= 15 is 0 Å². The van der Waals surface area contributed by atoms with Gasteiger partial charge in [-0.25, -0.2) is 4.98 Å². The second kappa shape index (κ2) is 12.7. The first-order valence-electron chi connectivity index (χ1n) is 15.6. The number of anilines is 5. The molecule has 9 nitrogen and oxygen atoms in total. The fraction of sp³-hybridized carbons (Fsp3) is 0.189. The Hall–Kier alpha value is -5.70. The molecule has 1 aromatic heterocycles. The summed E-state index contributed by atoms with van der Waals surface area (Å²) in [6, 6.07) is 32.3. The number of hydrogen-bond donors (Lipinski definition) is 3. The van der Waals surface area contributed by atoms with Gasteiger partial charge in [-0.3, -0.25) is 9.59 Å². The van der Waals surface area contributed by atoms with Crippen LogP contribution in [0.3, 0.4) is 0 Å². The molecular weight excluding hydrogens is 574 g/mol. The normalized spacial score (nSPS) is 14.9. The van der Waals surface area contributed by atoms with Gasteiger partial charge in [0.1, 0.15) is 11.9 Å². The van der Waals surface area contributed by atoms with Crippen LogP contribution in [0.4, 0.5) is 28.8 Å². The van der Waals surface area contributed by atoms with Gasteiger partial charge in [0.05, 0.1) is 0 Å². The van der Waals surface area contributed by atoms with E-state index in [1.165, 1.54) is 24.9 Å². The van der Waals surface area contributed by atoms with Crippen molar-refractivity contribution in [1.29, 1.82) is 0 Å². The first-order chi connectivity index (χ1) is 22.5. The van der Waals surface area contributed by atoms with E-state index in [-0.39, 0.29) is 17.8 Å². The van der Waals surface area contributed by atoms with E-state index in [2.05, 4.69) is 55.8 Å². The summed E-state index contributed by atoms with van der Waals surface area (Å²) in [6.45, 7) is 2.55. The lowest BCUT2D eigenvalue weighted by atomic mass is 10.00. The predicted molar refractivity (Wildman–Crippen MR) is 182 cm³/mol. The van der Waals surface area contributed by atoms with Gasteiger partial charge in [0.2, 0.25) is 5.95 Å². The van der Waals surface area contributed by atoms with Gasteiger partial charge in [0.25, 0.3) is 11.8 Å². The maximum absolute atomic E-state index is 13.9. The smallest absolute Gasteiger partial charge is 0.255 e. The van der Waals surface area contributed by atoms with Crippen molar-refractivity contribution in [3.05, 3.63) is 126 Å². The van der Waals surface area contributed by atoms with E-state index in [1.54, 1.807) is 29.3 Å². The number of rotatable bonds is 8. The van der Waals surface area contributed by atoms with Crippen LogP contribution in [0.2, 0.25) is 0 Å². The van der Waals surface area contributed by atoms with Crippen LogP contribution < -0.4 is 21.3 Å². The highest BCUT2D eigenvalue weighted by Crippen LogP contribution is 2.35. The lowest BCUT2D eigenvalue weighted by molar-refractivity contribution is -0.120. The molecule has 1 unspecified atom stereocenters. The van der Waals surface area contributed by atoms with Crippen molar-refractivity contribution in [3.8, 4) is 11.1 Å². The lowest BCUT2D eigenvalue weighted by Gasteiger charge is -2.28. The van der Waals surface area contributed by atoms with Gasteiger partial charge in [-0.15, -0.1) is 0 Å². The summed E-state index contributed by atoms with van der Waals surface area (Å²) in [5.74, 6) is 0.301. The Morgan fingerprint density at radius 2 is 1.52 bits per heavy atom. The fourth-order valence-corrected chi connectivity index (χ4v) is 6.30. The van der Waals surface area contributed by atoms with Crippen molar-refractivity contribution < 1.29 is 9.59 Å². The Balaban J connectivity index is 1.09. The van der Waals surface area contributed by atoms with Crippen LogP contribution in [0.1, 0.15) is 46.8 Å². The number of nitrogens with zero attached hydrogens (tertiary/aromatic N) is 4. The number of nitrogens with one attached hydrogen (secondary N) is 2. The summed E-state index contributed by atoms with van der Waals surface area (Å²) in [7, 11) is 0. The molecule has 3 heterocycles. The molecule has 2 amide bonds. The van der Waals surface area contributed by atoms with E-state index in [0.29, 0.717) is 23.6 Å². The molecule has 0 aliphatic carbocycles. The number of nitrogen functional groups attached to an aromatic ring is 1. The molecule has 1 saturated heterocycles. The molecule has 4 N–H and O–H groups in total. The standard InChI is InChI=1S/C37H35N7O2/c38-37-39-20-19-33(42-37)40-29-12-14-30(15-13-29)41-35(45)34(26-7-3-1-4-8-26)44-24-28-23-27(11-18-32(28)36(44)46)25-9-16-31(17-10-25)43-21-5-2-6-22-43/h1,3-4,7-20,23,34H,2,5-6,21-22,24H2,(H,41,45)(H3,38,39,40,42). The van der Waals surface area contributed by atoms with Crippen LogP contribution in [0.15, 0.2) is 109 Å². The highest BCUT2D eigenvalue weighted by Gasteiger charge is 2.37. The monoisotopic (exact) mass is 609 g/mol. The van der Waals surface area contributed by atoms with Crippen LogP contribution in [-0.2, 0) is 11.3 Å². The molecule has 0 bridgehead atoms. The summed E-state index contributed by atoms with van der Waals surface area (Å²) in [5, 5.41) is 6.19. The Morgan fingerprint density at radius 3 is 2.26 bits per heavy atom. The van der Waals surface area contributed by atoms with E-state index in [1.807, 2.05) is 54.6 Å². The number of piperidine rings is 1. The van der Waals surface area contributed by atoms with E-state index in [4.69, 9.17) is 5.73 Å². The van der Waals surface area contributed by atoms with Crippen molar-refractivity contribution in [3.63, 3.8) is 0 Å². The zero-order chi connectivity index (χ0) is 31.5. The van der Waals surface area contributed by atoms with E-state index in [0.717, 1.165) is 41.0 Å². The van der Waals surface area contributed by atoms with E-state index < -0.39 is 6.04 Å². The maximum atomic E-state index is 13.9. The number of carbonyl (C=O) groups excluding carboxylic acids is 2. The number of carbonyl (C=O) groups is 2.